The van der Waals surface area contributed by atoms with Crippen molar-refractivity contribution in [2.75, 3.05) is 13.1 Å². The SMILES string of the molecule is O=C(O)C1CCN(C(=O)Cc2csc(-c3cccc(Br)c3)n2)CC1. The van der Waals surface area contributed by atoms with Crippen LogP contribution in [0, 0.1) is 5.92 Å². The van der Waals surface area contributed by atoms with Gasteiger partial charge in [0, 0.05) is 28.5 Å². The summed E-state index contributed by atoms with van der Waals surface area (Å²) in [6.07, 6.45) is 1.32. The highest BCUT2D eigenvalue weighted by Gasteiger charge is 2.27. The van der Waals surface area contributed by atoms with Gasteiger partial charge in [0.2, 0.25) is 5.91 Å². The van der Waals surface area contributed by atoms with Crippen LogP contribution in [0.3, 0.4) is 0 Å². The van der Waals surface area contributed by atoms with Gasteiger partial charge in [-0.1, -0.05) is 28.1 Å². The number of piperidine rings is 1. The number of carbonyl (C=O) groups is 2. The molecule has 0 aliphatic carbocycles. The Bertz CT molecular complexity index is 754. The first-order valence-corrected chi connectivity index (χ1v) is 9.41. The molecular weight excluding hydrogens is 392 g/mol. The Morgan fingerprint density at radius 3 is 2.75 bits per heavy atom. The summed E-state index contributed by atoms with van der Waals surface area (Å²) in [6.45, 7) is 1.02. The fourth-order valence-electron chi connectivity index (χ4n) is 2.78. The van der Waals surface area contributed by atoms with E-state index in [1.165, 1.54) is 11.3 Å². The van der Waals surface area contributed by atoms with Crippen molar-refractivity contribution < 1.29 is 14.7 Å². The minimum absolute atomic E-state index is 0.0185. The normalized spacial score (nSPS) is 15.5. The van der Waals surface area contributed by atoms with Crippen molar-refractivity contribution in [2.45, 2.75) is 19.3 Å². The lowest BCUT2D eigenvalue weighted by Gasteiger charge is -2.30. The van der Waals surface area contributed by atoms with E-state index in [1.807, 2.05) is 29.6 Å². The maximum atomic E-state index is 12.4. The summed E-state index contributed by atoms with van der Waals surface area (Å²) >= 11 is 4.97. The molecule has 1 aromatic carbocycles. The first-order chi connectivity index (χ1) is 11.5. The molecular formula is C17H17BrN2O3S. The van der Waals surface area contributed by atoms with Crippen molar-refractivity contribution in [3.8, 4) is 10.6 Å². The summed E-state index contributed by atoms with van der Waals surface area (Å²) in [7, 11) is 0. The predicted octanol–water partition coefficient (Wildman–Crippen LogP) is 3.44. The van der Waals surface area contributed by atoms with Crippen molar-refractivity contribution in [1.29, 1.82) is 0 Å². The van der Waals surface area contributed by atoms with E-state index in [9.17, 15) is 9.59 Å². The molecule has 1 aromatic heterocycles. The lowest BCUT2D eigenvalue weighted by atomic mass is 9.97. The third-order valence-electron chi connectivity index (χ3n) is 4.15. The molecule has 1 saturated heterocycles. The van der Waals surface area contributed by atoms with E-state index in [-0.39, 0.29) is 18.2 Å². The second kappa shape index (κ2) is 7.44. The molecule has 1 fully saturated rings. The van der Waals surface area contributed by atoms with Crippen molar-refractivity contribution in [1.82, 2.24) is 9.88 Å². The quantitative estimate of drug-likeness (QED) is 0.840. The molecule has 2 aromatic rings. The highest BCUT2D eigenvalue weighted by Crippen LogP contribution is 2.26. The molecule has 1 N–H and O–H groups in total. The Kier molecular flexibility index (Phi) is 5.30. The van der Waals surface area contributed by atoms with E-state index in [0.29, 0.717) is 25.9 Å². The summed E-state index contributed by atoms with van der Waals surface area (Å²) < 4.78 is 0.995. The summed E-state index contributed by atoms with van der Waals surface area (Å²) in [5.41, 5.74) is 1.79. The van der Waals surface area contributed by atoms with Crippen LogP contribution in [0.4, 0.5) is 0 Å². The van der Waals surface area contributed by atoms with Crippen LogP contribution >= 0.6 is 27.3 Å². The number of halogens is 1. The van der Waals surface area contributed by atoms with Crippen LogP contribution in [0.1, 0.15) is 18.5 Å². The number of amides is 1. The number of likely N-dealkylation sites (tertiary alicyclic amines) is 1. The van der Waals surface area contributed by atoms with Crippen LogP contribution in [0.2, 0.25) is 0 Å². The average molecular weight is 409 g/mol. The number of carbonyl (C=O) groups excluding carboxylic acids is 1. The molecule has 0 bridgehead atoms. The van der Waals surface area contributed by atoms with E-state index in [4.69, 9.17) is 5.11 Å². The molecule has 0 radical (unpaired) electrons. The zero-order valence-electron chi connectivity index (χ0n) is 12.9. The number of benzene rings is 1. The smallest absolute Gasteiger partial charge is 0.306 e. The highest BCUT2D eigenvalue weighted by molar-refractivity contribution is 9.10. The van der Waals surface area contributed by atoms with Crippen molar-refractivity contribution in [2.24, 2.45) is 5.92 Å². The summed E-state index contributed by atoms with van der Waals surface area (Å²) in [5, 5.41) is 11.8. The number of aromatic nitrogens is 1. The van der Waals surface area contributed by atoms with Gasteiger partial charge in [0.25, 0.3) is 0 Å². The number of aliphatic carboxylic acids is 1. The Morgan fingerprint density at radius 1 is 1.33 bits per heavy atom. The predicted molar refractivity (Wildman–Crippen MR) is 95.9 cm³/mol. The molecule has 0 saturated carbocycles. The molecule has 3 rings (SSSR count). The second-order valence-corrected chi connectivity index (χ2v) is 7.60. The van der Waals surface area contributed by atoms with Gasteiger partial charge in [-0.05, 0) is 25.0 Å². The maximum Gasteiger partial charge on any atom is 0.306 e. The Labute approximate surface area is 152 Å². The fourth-order valence-corrected chi connectivity index (χ4v) is 4.00. The van der Waals surface area contributed by atoms with Gasteiger partial charge >= 0.3 is 5.97 Å². The van der Waals surface area contributed by atoms with Crippen LogP contribution in [-0.2, 0) is 16.0 Å². The summed E-state index contributed by atoms with van der Waals surface area (Å²) in [6, 6.07) is 7.91. The van der Waals surface area contributed by atoms with Crippen molar-refractivity contribution >= 4 is 39.1 Å². The first-order valence-electron chi connectivity index (χ1n) is 7.74. The standard InChI is InChI=1S/C17H17BrN2O3S/c18-13-3-1-2-12(8-13)16-19-14(10-24-16)9-15(21)20-6-4-11(5-7-20)17(22)23/h1-3,8,10-11H,4-7,9H2,(H,22,23). The molecule has 1 aliphatic rings. The maximum absolute atomic E-state index is 12.4. The first kappa shape index (κ1) is 17.1. The largest absolute Gasteiger partial charge is 0.481 e. The lowest BCUT2D eigenvalue weighted by Crippen LogP contribution is -2.41. The van der Waals surface area contributed by atoms with E-state index in [1.54, 1.807) is 4.90 Å². The molecule has 1 aliphatic heterocycles. The zero-order chi connectivity index (χ0) is 17.1. The number of hydrogen-bond acceptors (Lipinski definition) is 4. The molecule has 24 heavy (non-hydrogen) atoms. The third kappa shape index (κ3) is 4.02. The number of carboxylic acid groups (broad SMARTS) is 1. The average Bonchev–Trinajstić information content (AvgIpc) is 3.03. The van der Waals surface area contributed by atoms with Crippen LogP contribution in [0.25, 0.3) is 10.6 Å². The summed E-state index contributed by atoms with van der Waals surface area (Å²) in [4.78, 5) is 29.7. The van der Waals surface area contributed by atoms with Gasteiger partial charge in [0.1, 0.15) is 5.01 Å². The molecule has 5 nitrogen and oxygen atoms in total. The number of rotatable bonds is 4. The lowest BCUT2D eigenvalue weighted by molar-refractivity contribution is -0.145. The Balaban J connectivity index is 1.61. The molecule has 7 heteroatoms. The van der Waals surface area contributed by atoms with Gasteiger partial charge in [0.15, 0.2) is 0 Å². The van der Waals surface area contributed by atoms with E-state index in [0.717, 1.165) is 20.7 Å². The molecule has 2 heterocycles. The minimum atomic E-state index is -0.764. The minimum Gasteiger partial charge on any atom is -0.481 e. The fraction of sp³-hybridized carbons (Fsp3) is 0.353. The van der Waals surface area contributed by atoms with Gasteiger partial charge in [-0.15, -0.1) is 11.3 Å². The Morgan fingerprint density at radius 2 is 2.08 bits per heavy atom. The third-order valence-corrected chi connectivity index (χ3v) is 5.59. The number of carboxylic acids is 1. The van der Waals surface area contributed by atoms with Crippen LogP contribution in [-0.4, -0.2) is 40.0 Å². The molecule has 0 spiro atoms. The van der Waals surface area contributed by atoms with E-state index >= 15 is 0 Å². The van der Waals surface area contributed by atoms with Gasteiger partial charge in [-0.2, -0.15) is 0 Å². The summed E-state index contributed by atoms with van der Waals surface area (Å²) in [5.74, 6) is -1.07. The van der Waals surface area contributed by atoms with Crippen molar-refractivity contribution in [3.05, 3.63) is 39.8 Å². The van der Waals surface area contributed by atoms with E-state index < -0.39 is 5.97 Å². The molecule has 126 valence electrons. The van der Waals surface area contributed by atoms with Crippen LogP contribution in [0.15, 0.2) is 34.1 Å². The van der Waals surface area contributed by atoms with Gasteiger partial charge < -0.3 is 10.0 Å². The Hall–Kier alpha value is -1.73. The van der Waals surface area contributed by atoms with E-state index in [2.05, 4.69) is 20.9 Å². The number of thiazole rings is 1. The molecule has 1 amide bonds. The van der Waals surface area contributed by atoms with Crippen molar-refractivity contribution in [3.63, 3.8) is 0 Å². The van der Waals surface area contributed by atoms with Gasteiger partial charge in [-0.25, -0.2) is 4.98 Å². The van der Waals surface area contributed by atoms with Gasteiger partial charge in [0.05, 0.1) is 18.0 Å². The van der Waals surface area contributed by atoms with Gasteiger partial charge in [-0.3, -0.25) is 9.59 Å². The zero-order valence-corrected chi connectivity index (χ0v) is 15.3. The molecule has 0 atom stereocenters. The second-order valence-electron chi connectivity index (χ2n) is 5.82. The topological polar surface area (TPSA) is 70.5 Å². The van der Waals surface area contributed by atoms with Crippen LogP contribution < -0.4 is 0 Å². The number of nitrogens with zero attached hydrogens (tertiary/aromatic N) is 2. The van der Waals surface area contributed by atoms with Crippen LogP contribution in [0.5, 0.6) is 0 Å². The highest BCUT2D eigenvalue weighted by atomic mass is 79.9. The molecule has 0 unspecified atom stereocenters. The monoisotopic (exact) mass is 408 g/mol. The number of hydrogen-bond donors (Lipinski definition) is 1.